The highest BCUT2D eigenvalue weighted by Gasteiger charge is 2.79. The summed E-state index contributed by atoms with van der Waals surface area (Å²) in [6.07, 6.45) is 2.19. The van der Waals surface area contributed by atoms with Crippen molar-refractivity contribution in [1.82, 2.24) is 24.7 Å². The lowest BCUT2D eigenvalue weighted by Gasteiger charge is -2.70. The third kappa shape index (κ3) is 3.22. The predicted octanol–water partition coefficient (Wildman–Crippen LogP) is 5.12. The Morgan fingerprint density at radius 1 is 1.03 bits per heavy atom. The summed E-state index contributed by atoms with van der Waals surface area (Å²) in [5, 5.41) is 4.52. The van der Waals surface area contributed by atoms with Gasteiger partial charge in [0.1, 0.15) is 17.4 Å². The normalized spacial score (nSPS) is 31.9. The first-order valence-corrected chi connectivity index (χ1v) is 12.7. The van der Waals surface area contributed by atoms with Crippen LogP contribution >= 0.6 is 0 Å². The lowest BCUT2D eigenvalue weighted by atomic mass is 9.34. The maximum absolute atomic E-state index is 13.6. The molecule has 1 aliphatic heterocycles. The van der Waals surface area contributed by atoms with Gasteiger partial charge in [-0.2, -0.15) is 18.3 Å². The number of ether oxygens (including phenoxy) is 1. The molecule has 5 fully saturated rings. The van der Waals surface area contributed by atoms with E-state index in [4.69, 9.17) is 19.7 Å². The fraction of sp³-hybridized carbons (Fsp3) is 0.615. The third-order valence-electron chi connectivity index (χ3n) is 8.68. The molecule has 0 radical (unpaired) electrons. The van der Waals surface area contributed by atoms with Gasteiger partial charge in [0.05, 0.1) is 52.9 Å². The van der Waals surface area contributed by atoms with Gasteiger partial charge in [-0.3, -0.25) is 4.68 Å². The maximum atomic E-state index is 13.6. The van der Waals surface area contributed by atoms with E-state index in [-0.39, 0.29) is 31.5 Å². The number of anilines is 1. The molecule has 0 aromatic carbocycles. The maximum Gasteiger partial charge on any atom is 0.394 e. The number of hydrogen-bond acceptors (Lipinski definition) is 6. The Kier molecular flexibility index (Phi) is 4.47. The molecule has 10 heteroatoms. The van der Waals surface area contributed by atoms with Crippen LogP contribution in [0.4, 0.5) is 19.0 Å². The van der Waals surface area contributed by atoms with Crippen molar-refractivity contribution in [3.8, 4) is 0 Å². The Labute approximate surface area is 207 Å². The van der Waals surface area contributed by atoms with Gasteiger partial charge in [-0.1, -0.05) is 0 Å². The smallest absolute Gasteiger partial charge is 0.367 e. The Hall–Kier alpha value is -2.75. The number of morpholine rings is 1. The molecule has 8 rings (SSSR count). The Balaban J connectivity index is 1.26. The molecule has 0 spiro atoms. The summed E-state index contributed by atoms with van der Waals surface area (Å²) in [6.45, 7) is 7.06. The van der Waals surface area contributed by atoms with Gasteiger partial charge in [-0.05, 0) is 52.9 Å². The van der Waals surface area contributed by atoms with Crippen molar-refractivity contribution in [1.29, 1.82) is 0 Å². The van der Waals surface area contributed by atoms with Crippen molar-refractivity contribution in [3.63, 3.8) is 0 Å². The molecule has 3 aromatic heterocycles. The molecular formula is C26H29F3N6O. The number of pyridine rings is 1. The molecule has 4 heterocycles. The van der Waals surface area contributed by atoms with Gasteiger partial charge in [-0.15, -0.1) is 0 Å². The average Bonchev–Trinajstić information content (AvgIpc) is 3.48. The first-order valence-electron chi connectivity index (χ1n) is 12.7. The number of aryl methyl sites for hydroxylation is 2. The number of halogens is 3. The molecule has 4 saturated carbocycles. The summed E-state index contributed by atoms with van der Waals surface area (Å²) >= 11 is 0. The summed E-state index contributed by atoms with van der Waals surface area (Å²) < 4.78 is 49.2. The molecule has 36 heavy (non-hydrogen) atoms. The van der Waals surface area contributed by atoms with E-state index in [1.807, 2.05) is 37.7 Å². The van der Waals surface area contributed by atoms with Crippen LogP contribution in [0, 0.1) is 19.3 Å². The first kappa shape index (κ1) is 22.4. The summed E-state index contributed by atoms with van der Waals surface area (Å²) in [6, 6.07) is 2.44. The predicted molar refractivity (Wildman–Crippen MR) is 127 cm³/mol. The fourth-order valence-corrected chi connectivity index (χ4v) is 6.47. The lowest BCUT2D eigenvalue weighted by molar-refractivity contribution is -0.337. The number of fused-ring (bicyclic) bond motifs is 1. The molecule has 0 amide bonds. The Morgan fingerprint density at radius 2 is 1.75 bits per heavy atom. The molecule has 5 aliphatic rings. The van der Waals surface area contributed by atoms with Gasteiger partial charge in [0, 0.05) is 29.8 Å². The average molecular weight is 499 g/mol. The van der Waals surface area contributed by atoms with Crippen molar-refractivity contribution >= 4 is 16.9 Å². The third-order valence-corrected chi connectivity index (χ3v) is 8.68. The number of hydrogen-bond donors (Lipinski definition) is 0. The van der Waals surface area contributed by atoms with E-state index in [1.54, 1.807) is 0 Å². The van der Waals surface area contributed by atoms with Crippen LogP contribution in [0.25, 0.3) is 11.0 Å². The van der Waals surface area contributed by atoms with Crippen molar-refractivity contribution in [2.75, 3.05) is 18.0 Å². The monoisotopic (exact) mass is 498 g/mol. The van der Waals surface area contributed by atoms with E-state index in [9.17, 15) is 13.2 Å². The number of alkyl halides is 3. The summed E-state index contributed by atoms with van der Waals surface area (Å²) in [5.41, 5.74) is 2.53. The van der Waals surface area contributed by atoms with Crippen LogP contribution in [-0.2, 0) is 10.2 Å². The minimum Gasteiger partial charge on any atom is -0.367 e. The van der Waals surface area contributed by atoms with Crippen molar-refractivity contribution in [3.05, 3.63) is 41.1 Å². The van der Waals surface area contributed by atoms with Crippen LogP contribution in [0.3, 0.4) is 0 Å². The van der Waals surface area contributed by atoms with Gasteiger partial charge in [-0.25, -0.2) is 15.0 Å². The second kappa shape index (κ2) is 7.18. The minimum absolute atomic E-state index is 0.0387. The highest BCUT2D eigenvalue weighted by molar-refractivity contribution is 5.82. The molecule has 7 nitrogen and oxygen atoms in total. The summed E-state index contributed by atoms with van der Waals surface area (Å²) in [7, 11) is 0. The minimum atomic E-state index is -4.17. The highest BCUT2D eigenvalue weighted by atomic mass is 19.4. The van der Waals surface area contributed by atoms with Crippen LogP contribution in [0.2, 0.25) is 0 Å². The second-order valence-electron chi connectivity index (χ2n) is 11.5. The van der Waals surface area contributed by atoms with E-state index in [2.05, 4.69) is 16.2 Å². The van der Waals surface area contributed by atoms with Gasteiger partial charge in [0.2, 0.25) is 0 Å². The number of rotatable bonds is 4. The van der Waals surface area contributed by atoms with Crippen molar-refractivity contribution < 1.29 is 17.9 Å². The lowest BCUT2D eigenvalue weighted by Crippen LogP contribution is -2.70. The quantitative estimate of drug-likeness (QED) is 0.497. The Morgan fingerprint density at radius 3 is 2.44 bits per heavy atom. The molecule has 4 aliphatic carbocycles. The van der Waals surface area contributed by atoms with Crippen LogP contribution in [0.15, 0.2) is 18.5 Å². The first-order chi connectivity index (χ1) is 17.1. The molecule has 190 valence electrons. The van der Waals surface area contributed by atoms with E-state index in [1.165, 1.54) is 0 Å². The highest BCUT2D eigenvalue weighted by Crippen LogP contribution is 2.78. The van der Waals surface area contributed by atoms with E-state index in [0.717, 1.165) is 35.6 Å². The standard InChI is InChI=1S/C26H29F3N6O/c1-14-8-34(10-20(36-14)17-7-30-35(9-17)18-4-5-18)21-6-19-22(32-16(3)15(2)31-19)23(33-21)24-11-25(12-24,13-24)26(27,28)29/h6-7,9,14,18,20H,4-5,8,10-13H2,1-3H3. The van der Waals surface area contributed by atoms with Gasteiger partial charge in [0.15, 0.2) is 0 Å². The molecule has 2 bridgehead atoms. The van der Waals surface area contributed by atoms with Crippen LogP contribution < -0.4 is 4.90 Å². The summed E-state index contributed by atoms with van der Waals surface area (Å²) in [5.74, 6) is 0.732. The van der Waals surface area contributed by atoms with Crippen LogP contribution in [0.5, 0.6) is 0 Å². The SMILES string of the molecule is Cc1nc2cc(N3CC(C)OC(c4cnn(C5CC5)c4)C3)nc(C34CC(C(F)(F)F)(C3)C4)c2nc1C. The number of nitrogens with zero attached hydrogens (tertiary/aromatic N) is 6. The van der Waals surface area contributed by atoms with E-state index >= 15 is 0 Å². The fourth-order valence-electron chi connectivity index (χ4n) is 6.47. The van der Waals surface area contributed by atoms with E-state index in [0.29, 0.717) is 35.9 Å². The molecular weight excluding hydrogens is 469 g/mol. The van der Waals surface area contributed by atoms with Gasteiger partial charge < -0.3 is 9.64 Å². The zero-order chi connectivity index (χ0) is 25.0. The Bertz CT molecular complexity index is 1360. The van der Waals surface area contributed by atoms with Crippen molar-refractivity contribution in [2.45, 2.75) is 82.7 Å². The largest absolute Gasteiger partial charge is 0.394 e. The van der Waals surface area contributed by atoms with Crippen LogP contribution in [-0.4, -0.2) is 50.1 Å². The second-order valence-corrected chi connectivity index (χ2v) is 11.5. The topological polar surface area (TPSA) is 69.0 Å². The van der Waals surface area contributed by atoms with Crippen molar-refractivity contribution in [2.24, 2.45) is 5.41 Å². The molecule has 2 atom stereocenters. The molecule has 3 aromatic rings. The summed E-state index contributed by atoms with van der Waals surface area (Å²) in [4.78, 5) is 16.7. The zero-order valence-corrected chi connectivity index (χ0v) is 20.6. The zero-order valence-electron chi connectivity index (χ0n) is 20.6. The molecule has 2 unspecified atom stereocenters. The molecule has 0 N–H and O–H groups in total. The van der Waals surface area contributed by atoms with Gasteiger partial charge >= 0.3 is 6.18 Å². The van der Waals surface area contributed by atoms with Gasteiger partial charge in [0.25, 0.3) is 0 Å². The number of aromatic nitrogens is 5. The van der Waals surface area contributed by atoms with E-state index < -0.39 is 17.0 Å². The van der Waals surface area contributed by atoms with Crippen LogP contribution in [0.1, 0.15) is 73.8 Å². The molecule has 1 saturated heterocycles.